The maximum absolute atomic E-state index is 13.6. The lowest BCUT2D eigenvalue weighted by atomic mass is 9.94. The van der Waals surface area contributed by atoms with Gasteiger partial charge in [0, 0.05) is 21.1 Å². The fourth-order valence-corrected chi connectivity index (χ4v) is 5.38. The van der Waals surface area contributed by atoms with Crippen molar-refractivity contribution in [1.29, 1.82) is 0 Å². The molecule has 0 bridgehead atoms. The Bertz CT molecular complexity index is 1680. The molecule has 40 heavy (non-hydrogen) atoms. The van der Waals surface area contributed by atoms with Crippen molar-refractivity contribution in [2.75, 3.05) is 33.8 Å². The van der Waals surface area contributed by atoms with E-state index in [0.29, 0.717) is 38.7 Å². The van der Waals surface area contributed by atoms with Gasteiger partial charge >= 0.3 is 0 Å². The zero-order chi connectivity index (χ0) is 28.2. The third-order valence-corrected chi connectivity index (χ3v) is 7.44. The molecular formula is C33H28BrNO5. The maximum Gasteiger partial charge on any atom is 0.260 e. The first kappa shape index (κ1) is 27.1. The minimum Gasteiger partial charge on any atom is -0.493 e. The standard InChI is InChI=1S/C33H28BrNO5/c1-37-27-18-17-25(34)30(31(27)39-3)33(36)35-26-12-8-11-23-24(26)19-28(38-2)32(40-4)29(23)22-15-13-21(14-16-22)20-9-6-5-7-10-20/h5-19H,1-4H3,(H,35,36). The molecule has 5 aromatic carbocycles. The molecule has 7 heteroatoms. The van der Waals surface area contributed by atoms with Crippen molar-refractivity contribution in [3.8, 4) is 45.3 Å². The number of benzene rings is 5. The van der Waals surface area contributed by atoms with Crippen LogP contribution < -0.4 is 24.3 Å². The van der Waals surface area contributed by atoms with Gasteiger partial charge in [0.15, 0.2) is 23.0 Å². The first-order valence-corrected chi connectivity index (χ1v) is 13.3. The Hall–Kier alpha value is -4.49. The summed E-state index contributed by atoms with van der Waals surface area (Å²) in [6.07, 6.45) is 0. The highest BCUT2D eigenvalue weighted by molar-refractivity contribution is 9.10. The molecule has 0 aliphatic carbocycles. The van der Waals surface area contributed by atoms with Gasteiger partial charge in [-0.3, -0.25) is 4.79 Å². The van der Waals surface area contributed by atoms with Crippen LogP contribution in [0.4, 0.5) is 5.69 Å². The minimum atomic E-state index is -0.348. The summed E-state index contributed by atoms with van der Waals surface area (Å²) in [7, 11) is 6.27. The molecule has 5 rings (SSSR count). The number of fused-ring (bicyclic) bond motifs is 1. The van der Waals surface area contributed by atoms with E-state index < -0.39 is 0 Å². The van der Waals surface area contributed by atoms with E-state index in [4.69, 9.17) is 18.9 Å². The van der Waals surface area contributed by atoms with E-state index in [1.807, 2.05) is 42.5 Å². The normalized spacial score (nSPS) is 10.7. The minimum absolute atomic E-state index is 0.330. The van der Waals surface area contributed by atoms with Gasteiger partial charge in [0.1, 0.15) is 0 Å². The summed E-state index contributed by atoms with van der Waals surface area (Å²) in [6.45, 7) is 0. The van der Waals surface area contributed by atoms with Crippen LogP contribution in [0.25, 0.3) is 33.0 Å². The van der Waals surface area contributed by atoms with E-state index in [0.717, 1.165) is 33.0 Å². The van der Waals surface area contributed by atoms with Crippen molar-refractivity contribution in [3.05, 3.63) is 101 Å². The number of nitrogens with one attached hydrogen (secondary N) is 1. The van der Waals surface area contributed by atoms with Gasteiger partial charge in [-0.2, -0.15) is 0 Å². The first-order chi connectivity index (χ1) is 19.5. The van der Waals surface area contributed by atoms with Crippen molar-refractivity contribution in [2.45, 2.75) is 0 Å². The number of ether oxygens (including phenoxy) is 4. The Morgan fingerprint density at radius 3 is 1.93 bits per heavy atom. The predicted octanol–water partition coefficient (Wildman–Crippen LogP) is 8.22. The summed E-state index contributed by atoms with van der Waals surface area (Å²) in [6, 6.07) is 29.7. The largest absolute Gasteiger partial charge is 0.493 e. The highest BCUT2D eigenvalue weighted by Gasteiger charge is 2.23. The lowest BCUT2D eigenvalue weighted by Gasteiger charge is -2.19. The van der Waals surface area contributed by atoms with Crippen LogP contribution in [0.15, 0.2) is 95.5 Å². The van der Waals surface area contributed by atoms with Crippen molar-refractivity contribution in [1.82, 2.24) is 0 Å². The molecule has 1 amide bonds. The van der Waals surface area contributed by atoms with Gasteiger partial charge in [0.2, 0.25) is 0 Å². The average molecular weight is 598 g/mol. The number of amides is 1. The first-order valence-electron chi connectivity index (χ1n) is 12.6. The molecule has 0 aliphatic rings. The molecule has 0 aromatic heterocycles. The van der Waals surface area contributed by atoms with Gasteiger partial charge in [-0.05, 0) is 62.3 Å². The van der Waals surface area contributed by atoms with E-state index in [1.165, 1.54) is 14.2 Å². The Morgan fingerprint density at radius 1 is 0.625 bits per heavy atom. The number of halogens is 1. The van der Waals surface area contributed by atoms with Crippen molar-refractivity contribution in [2.24, 2.45) is 0 Å². The molecule has 1 N–H and O–H groups in total. The van der Waals surface area contributed by atoms with Crippen LogP contribution in [0.5, 0.6) is 23.0 Å². The number of rotatable bonds is 8. The molecule has 0 saturated carbocycles. The molecule has 0 unspecified atom stereocenters. The van der Waals surface area contributed by atoms with Gasteiger partial charge < -0.3 is 24.3 Å². The third-order valence-electron chi connectivity index (χ3n) is 6.78. The fourth-order valence-electron chi connectivity index (χ4n) is 4.89. The smallest absolute Gasteiger partial charge is 0.260 e. The van der Waals surface area contributed by atoms with Crippen LogP contribution in [0.2, 0.25) is 0 Å². The van der Waals surface area contributed by atoms with Gasteiger partial charge in [0.05, 0.1) is 34.0 Å². The quantitative estimate of drug-likeness (QED) is 0.195. The highest BCUT2D eigenvalue weighted by atomic mass is 79.9. The van der Waals surface area contributed by atoms with Crippen LogP contribution >= 0.6 is 15.9 Å². The summed E-state index contributed by atoms with van der Waals surface area (Å²) < 4.78 is 23.1. The van der Waals surface area contributed by atoms with E-state index in [2.05, 4.69) is 57.6 Å². The predicted molar refractivity (Wildman–Crippen MR) is 163 cm³/mol. The zero-order valence-corrected chi connectivity index (χ0v) is 24.2. The molecule has 0 spiro atoms. The third kappa shape index (κ3) is 4.96. The summed E-state index contributed by atoms with van der Waals surface area (Å²) in [5.74, 6) is 1.62. The molecule has 0 fully saturated rings. The van der Waals surface area contributed by atoms with Crippen molar-refractivity contribution < 1.29 is 23.7 Å². The number of carbonyl (C=O) groups excluding carboxylic acids is 1. The van der Waals surface area contributed by atoms with E-state index in [1.54, 1.807) is 26.4 Å². The van der Waals surface area contributed by atoms with Gasteiger partial charge in [-0.15, -0.1) is 0 Å². The van der Waals surface area contributed by atoms with Crippen LogP contribution in [-0.2, 0) is 0 Å². The van der Waals surface area contributed by atoms with Crippen molar-refractivity contribution in [3.63, 3.8) is 0 Å². The second-order valence-corrected chi connectivity index (χ2v) is 9.80. The molecule has 0 aliphatic heterocycles. The Labute approximate surface area is 241 Å². The van der Waals surface area contributed by atoms with E-state index >= 15 is 0 Å². The lowest BCUT2D eigenvalue weighted by molar-refractivity contribution is 0.102. The van der Waals surface area contributed by atoms with Gasteiger partial charge in [0.25, 0.3) is 5.91 Å². The summed E-state index contributed by atoms with van der Waals surface area (Å²) in [5.41, 5.74) is 5.02. The van der Waals surface area contributed by atoms with E-state index in [9.17, 15) is 4.79 Å². The van der Waals surface area contributed by atoms with Crippen LogP contribution in [0.3, 0.4) is 0 Å². The number of anilines is 1. The number of carbonyl (C=O) groups is 1. The molecule has 6 nitrogen and oxygen atoms in total. The second kappa shape index (κ2) is 11.7. The van der Waals surface area contributed by atoms with Crippen molar-refractivity contribution >= 4 is 38.3 Å². The van der Waals surface area contributed by atoms with Crippen LogP contribution in [0.1, 0.15) is 10.4 Å². The number of methoxy groups -OCH3 is 4. The Morgan fingerprint density at radius 2 is 1.27 bits per heavy atom. The molecule has 0 atom stereocenters. The SMILES string of the molecule is COc1ccc(Br)c(C(=O)Nc2cccc3c(-c4ccc(-c5ccccc5)cc4)c(OC)c(OC)cc23)c1OC. The lowest BCUT2D eigenvalue weighted by Crippen LogP contribution is -2.15. The fraction of sp³-hybridized carbons (Fsp3) is 0.121. The molecule has 0 saturated heterocycles. The number of hydrogen-bond donors (Lipinski definition) is 1. The summed E-state index contributed by atoms with van der Waals surface area (Å²) in [4.78, 5) is 13.6. The molecule has 0 radical (unpaired) electrons. The average Bonchev–Trinajstić information content (AvgIpc) is 3.00. The molecule has 0 heterocycles. The van der Waals surface area contributed by atoms with Gasteiger partial charge in [-0.25, -0.2) is 0 Å². The zero-order valence-electron chi connectivity index (χ0n) is 22.6. The second-order valence-electron chi connectivity index (χ2n) is 8.94. The van der Waals surface area contributed by atoms with Gasteiger partial charge in [-0.1, -0.05) is 66.7 Å². The monoisotopic (exact) mass is 597 g/mol. The van der Waals surface area contributed by atoms with Crippen LogP contribution in [0, 0.1) is 0 Å². The summed E-state index contributed by atoms with van der Waals surface area (Å²) >= 11 is 3.49. The molecule has 202 valence electrons. The molecule has 5 aromatic rings. The Kier molecular flexibility index (Phi) is 7.94. The maximum atomic E-state index is 13.6. The van der Waals surface area contributed by atoms with E-state index in [-0.39, 0.29) is 5.91 Å². The molecular weight excluding hydrogens is 570 g/mol. The summed E-state index contributed by atoms with van der Waals surface area (Å²) in [5, 5.41) is 4.77. The Balaban J connectivity index is 1.64. The van der Waals surface area contributed by atoms with Crippen LogP contribution in [-0.4, -0.2) is 34.3 Å². The number of hydrogen-bond acceptors (Lipinski definition) is 5. The highest BCUT2D eigenvalue weighted by Crippen LogP contribution is 2.46. The topological polar surface area (TPSA) is 66.0 Å².